The maximum Gasteiger partial charge on any atom is 0.265 e. The number of hydrogen-bond acceptors (Lipinski definition) is 4. The third kappa shape index (κ3) is 3.23. The van der Waals surface area contributed by atoms with Crippen molar-refractivity contribution in [2.75, 3.05) is 0 Å². The van der Waals surface area contributed by atoms with Gasteiger partial charge in [-0.05, 0) is 48.5 Å². The molecule has 0 amide bonds. The zero-order valence-electron chi connectivity index (χ0n) is 14.6. The Morgan fingerprint density at radius 1 is 0.893 bits per heavy atom. The van der Waals surface area contributed by atoms with Crippen LogP contribution in [0.15, 0.2) is 82.6 Å². The quantitative estimate of drug-likeness (QED) is 0.493. The zero-order chi connectivity index (χ0) is 19.7. The van der Waals surface area contributed by atoms with Crippen LogP contribution in [0.5, 0.6) is 11.6 Å². The van der Waals surface area contributed by atoms with E-state index in [0.717, 1.165) is 0 Å². The molecule has 0 unspecified atom stereocenters. The summed E-state index contributed by atoms with van der Waals surface area (Å²) in [6.45, 7) is 0. The molecule has 0 saturated heterocycles. The van der Waals surface area contributed by atoms with Crippen molar-refractivity contribution in [2.45, 2.75) is 0 Å². The molecule has 1 heterocycles. The summed E-state index contributed by atoms with van der Waals surface area (Å²) in [6, 6.07) is 20.1. The smallest absolute Gasteiger partial charge is 0.265 e. The summed E-state index contributed by atoms with van der Waals surface area (Å²) in [4.78, 5) is 17.4. The number of nitrogens with zero attached hydrogens (tertiary/aromatic N) is 2. The minimum atomic E-state index is -0.350. The fourth-order valence-electron chi connectivity index (χ4n) is 3.02. The average molecular weight is 391 g/mol. The van der Waals surface area contributed by atoms with Crippen molar-refractivity contribution in [1.29, 1.82) is 0 Å². The molecule has 0 saturated carbocycles. The van der Waals surface area contributed by atoms with Crippen LogP contribution < -0.4 is 5.56 Å². The van der Waals surface area contributed by atoms with Gasteiger partial charge in [-0.1, -0.05) is 35.9 Å². The van der Waals surface area contributed by atoms with Crippen molar-refractivity contribution in [3.63, 3.8) is 0 Å². The van der Waals surface area contributed by atoms with Crippen molar-refractivity contribution >= 4 is 34.3 Å². The van der Waals surface area contributed by atoms with E-state index >= 15 is 0 Å². The minimum absolute atomic E-state index is 0.141. The van der Waals surface area contributed by atoms with Gasteiger partial charge < -0.3 is 10.2 Å². The minimum Gasteiger partial charge on any atom is -0.508 e. The number of phenols is 1. The van der Waals surface area contributed by atoms with Crippen molar-refractivity contribution in [2.24, 2.45) is 4.99 Å². The number of fused-ring (bicyclic) bond motifs is 1. The van der Waals surface area contributed by atoms with Gasteiger partial charge in [-0.2, -0.15) is 0 Å². The fraction of sp³-hybridized carbons (Fsp3) is 0. The molecule has 4 aromatic rings. The molecular weight excluding hydrogens is 376 g/mol. The zero-order valence-corrected chi connectivity index (χ0v) is 15.3. The van der Waals surface area contributed by atoms with Crippen LogP contribution in [0, 0.1) is 0 Å². The van der Waals surface area contributed by atoms with Gasteiger partial charge in [-0.25, -0.2) is 4.57 Å². The SMILES string of the molecule is O=c1c2ccccc2c(C=Nc2ccc(O)cc2)c(O)n1-c1cccc(Cl)c1. The number of halogens is 1. The van der Waals surface area contributed by atoms with Crippen LogP contribution in [0.2, 0.25) is 5.02 Å². The maximum absolute atomic E-state index is 13.0. The second-order valence-electron chi connectivity index (χ2n) is 6.18. The molecule has 0 fully saturated rings. The summed E-state index contributed by atoms with van der Waals surface area (Å²) in [5.41, 5.74) is 1.11. The van der Waals surface area contributed by atoms with Crippen LogP contribution in [-0.2, 0) is 0 Å². The van der Waals surface area contributed by atoms with Crippen LogP contribution >= 0.6 is 11.6 Å². The van der Waals surface area contributed by atoms with Gasteiger partial charge in [-0.15, -0.1) is 0 Å². The Hall–Kier alpha value is -3.57. The lowest BCUT2D eigenvalue weighted by atomic mass is 10.1. The number of aromatic nitrogens is 1. The van der Waals surface area contributed by atoms with E-state index < -0.39 is 0 Å². The van der Waals surface area contributed by atoms with Gasteiger partial charge in [0, 0.05) is 22.0 Å². The van der Waals surface area contributed by atoms with E-state index in [1.54, 1.807) is 60.7 Å². The fourth-order valence-corrected chi connectivity index (χ4v) is 3.21. The highest BCUT2D eigenvalue weighted by Gasteiger charge is 2.16. The average Bonchev–Trinajstić information content (AvgIpc) is 2.69. The number of benzene rings is 3. The number of aliphatic imine (C=N–C) groups is 1. The first-order valence-corrected chi connectivity index (χ1v) is 8.88. The molecule has 0 spiro atoms. The molecule has 138 valence electrons. The van der Waals surface area contributed by atoms with Gasteiger partial charge >= 0.3 is 0 Å². The van der Waals surface area contributed by atoms with Gasteiger partial charge in [0.2, 0.25) is 5.88 Å². The Bertz CT molecular complexity index is 1260. The molecule has 3 aromatic carbocycles. The molecular formula is C22H15ClN2O3. The Kier molecular flexibility index (Phi) is 4.59. The van der Waals surface area contributed by atoms with Crippen LogP contribution in [0.3, 0.4) is 0 Å². The van der Waals surface area contributed by atoms with E-state index in [0.29, 0.717) is 32.7 Å². The number of hydrogen-bond donors (Lipinski definition) is 2. The number of phenolic OH excluding ortho intramolecular Hbond substituents is 1. The lowest BCUT2D eigenvalue weighted by molar-refractivity contribution is 0.436. The summed E-state index contributed by atoms with van der Waals surface area (Å²) < 4.78 is 1.21. The first-order chi connectivity index (χ1) is 13.5. The van der Waals surface area contributed by atoms with Gasteiger partial charge in [0.25, 0.3) is 5.56 Å². The summed E-state index contributed by atoms with van der Waals surface area (Å²) in [7, 11) is 0. The lowest BCUT2D eigenvalue weighted by Crippen LogP contribution is -2.20. The second-order valence-corrected chi connectivity index (χ2v) is 6.61. The Morgan fingerprint density at radius 3 is 2.32 bits per heavy atom. The predicted molar refractivity (Wildman–Crippen MR) is 112 cm³/mol. The summed E-state index contributed by atoms with van der Waals surface area (Å²) in [5, 5.41) is 21.8. The van der Waals surface area contributed by atoms with Gasteiger partial charge in [-0.3, -0.25) is 9.79 Å². The van der Waals surface area contributed by atoms with Crippen molar-refractivity contribution in [3.05, 3.63) is 93.7 Å². The lowest BCUT2D eigenvalue weighted by Gasteiger charge is -2.14. The molecule has 0 bridgehead atoms. The molecule has 4 rings (SSSR count). The Balaban J connectivity index is 1.97. The molecule has 0 radical (unpaired) electrons. The van der Waals surface area contributed by atoms with Gasteiger partial charge in [0.05, 0.1) is 16.9 Å². The standard InChI is InChI=1S/C22H15ClN2O3/c23-14-4-3-5-16(12-14)25-21(27)19-7-2-1-6-18(19)20(22(25)28)13-24-15-8-10-17(26)11-9-15/h1-13,26,28H. The number of pyridine rings is 1. The Labute approximate surface area is 165 Å². The molecule has 0 aliphatic heterocycles. The summed E-state index contributed by atoms with van der Waals surface area (Å²) in [5.74, 6) is -0.0877. The first-order valence-electron chi connectivity index (χ1n) is 8.50. The summed E-state index contributed by atoms with van der Waals surface area (Å²) in [6.07, 6.45) is 1.50. The monoisotopic (exact) mass is 390 g/mol. The summed E-state index contributed by atoms with van der Waals surface area (Å²) >= 11 is 6.07. The highest BCUT2D eigenvalue weighted by atomic mass is 35.5. The predicted octanol–water partition coefficient (Wildman–Crippen LogP) is 4.81. The molecule has 2 N–H and O–H groups in total. The van der Waals surface area contributed by atoms with E-state index in [4.69, 9.17) is 11.6 Å². The molecule has 6 heteroatoms. The topological polar surface area (TPSA) is 74.8 Å². The van der Waals surface area contributed by atoms with E-state index in [-0.39, 0.29) is 17.2 Å². The maximum atomic E-state index is 13.0. The van der Waals surface area contributed by atoms with E-state index in [1.807, 2.05) is 0 Å². The van der Waals surface area contributed by atoms with E-state index in [2.05, 4.69) is 4.99 Å². The van der Waals surface area contributed by atoms with Crippen LogP contribution in [0.1, 0.15) is 5.56 Å². The molecule has 0 aliphatic carbocycles. The molecule has 1 aromatic heterocycles. The van der Waals surface area contributed by atoms with Crippen LogP contribution in [0.4, 0.5) is 5.69 Å². The molecule has 28 heavy (non-hydrogen) atoms. The van der Waals surface area contributed by atoms with Crippen molar-refractivity contribution in [1.82, 2.24) is 4.57 Å². The van der Waals surface area contributed by atoms with E-state index in [9.17, 15) is 15.0 Å². The molecule has 0 aliphatic rings. The van der Waals surface area contributed by atoms with Crippen LogP contribution in [-0.4, -0.2) is 21.0 Å². The van der Waals surface area contributed by atoms with Crippen molar-refractivity contribution < 1.29 is 10.2 Å². The highest BCUT2D eigenvalue weighted by Crippen LogP contribution is 2.27. The third-order valence-electron chi connectivity index (χ3n) is 4.36. The van der Waals surface area contributed by atoms with E-state index in [1.165, 1.54) is 22.9 Å². The Morgan fingerprint density at radius 2 is 1.61 bits per heavy atom. The van der Waals surface area contributed by atoms with Crippen LogP contribution in [0.25, 0.3) is 16.5 Å². The first kappa shape index (κ1) is 17.8. The van der Waals surface area contributed by atoms with Gasteiger partial charge in [0.1, 0.15) is 5.75 Å². The molecule has 5 nitrogen and oxygen atoms in total. The normalized spacial score (nSPS) is 11.3. The molecule has 0 atom stereocenters. The third-order valence-corrected chi connectivity index (χ3v) is 4.60. The second kappa shape index (κ2) is 7.21. The number of aromatic hydroxyl groups is 2. The van der Waals surface area contributed by atoms with Gasteiger partial charge in [0.15, 0.2) is 0 Å². The largest absolute Gasteiger partial charge is 0.508 e. The van der Waals surface area contributed by atoms with Crippen molar-refractivity contribution in [3.8, 4) is 17.3 Å². The highest BCUT2D eigenvalue weighted by molar-refractivity contribution is 6.30. The number of rotatable bonds is 3.